The standard InChI is InChI=1S/C23H21ClF2N8O/c24-11-6-14-15(9-29-19(14)16(25)7-11)20-30-10-17(26)21(34-20)31-12-2-1-3-13(8-12)32-22(35)18-4-5-28-23(27)33-18/h4-7,9-10,12-13,29H,1-3,8H2,(H,32,35)(H2,27,28,33)(H,30,31,34)/t12-,13+/m0/s1. The van der Waals surface area contributed by atoms with Crippen molar-refractivity contribution in [1.82, 2.24) is 30.2 Å². The number of hydrogen-bond acceptors (Lipinski definition) is 7. The van der Waals surface area contributed by atoms with Crippen LogP contribution in [0.25, 0.3) is 22.3 Å². The van der Waals surface area contributed by atoms with Crippen LogP contribution in [0.5, 0.6) is 0 Å². The van der Waals surface area contributed by atoms with Crippen LogP contribution in [0.2, 0.25) is 5.02 Å². The van der Waals surface area contributed by atoms with Gasteiger partial charge in [0.15, 0.2) is 17.5 Å². The lowest BCUT2D eigenvalue weighted by atomic mass is 9.91. The van der Waals surface area contributed by atoms with Gasteiger partial charge in [0.1, 0.15) is 11.5 Å². The average Bonchev–Trinajstić information content (AvgIpc) is 3.25. The van der Waals surface area contributed by atoms with Gasteiger partial charge in [0.2, 0.25) is 5.95 Å². The molecule has 1 aromatic carbocycles. The Balaban J connectivity index is 1.32. The van der Waals surface area contributed by atoms with Crippen LogP contribution >= 0.6 is 11.6 Å². The van der Waals surface area contributed by atoms with E-state index in [1.54, 1.807) is 12.3 Å². The summed E-state index contributed by atoms with van der Waals surface area (Å²) < 4.78 is 28.8. The molecule has 3 heterocycles. The van der Waals surface area contributed by atoms with E-state index in [4.69, 9.17) is 17.3 Å². The monoisotopic (exact) mass is 498 g/mol. The lowest BCUT2D eigenvalue weighted by Crippen LogP contribution is -2.42. The summed E-state index contributed by atoms with van der Waals surface area (Å²) in [4.78, 5) is 31.6. The molecule has 0 unspecified atom stereocenters. The van der Waals surface area contributed by atoms with Gasteiger partial charge in [-0.25, -0.2) is 28.7 Å². The molecule has 0 spiro atoms. The minimum atomic E-state index is -0.611. The predicted molar refractivity (Wildman–Crippen MR) is 128 cm³/mol. The van der Waals surface area contributed by atoms with Crippen molar-refractivity contribution in [3.63, 3.8) is 0 Å². The van der Waals surface area contributed by atoms with E-state index in [1.807, 2.05) is 0 Å². The van der Waals surface area contributed by atoms with Crippen LogP contribution in [-0.4, -0.2) is 42.9 Å². The van der Waals surface area contributed by atoms with Crippen LogP contribution in [0.3, 0.4) is 0 Å². The number of aromatic amines is 1. The fourth-order valence-electron chi connectivity index (χ4n) is 4.34. The summed E-state index contributed by atoms with van der Waals surface area (Å²) in [5.74, 6) is -1.17. The molecule has 5 N–H and O–H groups in total. The zero-order valence-electron chi connectivity index (χ0n) is 18.4. The van der Waals surface area contributed by atoms with Crippen molar-refractivity contribution in [3.8, 4) is 11.4 Å². The SMILES string of the molecule is Nc1nccc(C(=O)N[C@@H]2CCC[C@H](Nc3nc(-c4c[nH]c5c(F)cc(Cl)cc45)ncc3F)C2)n1. The second kappa shape index (κ2) is 9.41. The minimum absolute atomic E-state index is 0.0242. The number of nitrogens with zero attached hydrogens (tertiary/aromatic N) is 4. The summed E-state index contributed by atoms with van der Waals surface area (Å²) in [6.45, 7) is 0. The number of halogens is 3. The first-order valence-corrected chi connectivity index (χ1v) is 11.4. The summed E-state index contributed by atoms with van der Waals surface area (Å²) in [5.41, 5.74) is 6.52. The van der Waals surface area contributed by atoms with Gasteiger partial charge in [-0.05, 0) is 43.9 Å². The number of nitrogens with one attached hydrogen (secondary N) is 3. The Morgan fingerprint density at radius 1 is 1.14 bits per heavy atom. The smallest absolute Gasteiger partial charge is 0.270 e. The summed E-state index contributed by atoms with van der Waals surface area (Å²) >= 11 is 6.01. The van der Waals surface area contributed by atoms with Crippen LogP contribution in [0.4, 0.5) is 20.5 Å². The number of anilines is 2. The van der Waals surface area contributed by atoms with E-state index < -0.39 is 11.6 Å². The van der Waals surface area contributed by atoms with Gasteiger partial charge in [0.05, 0.1) is 11.7 Å². The third-order valence-electron chi connectivity index (χ3n) is 5.95. The van der Waals surface area contributed by atoms with Gasteiger partial charge >= 0.3 is 0 Å². The van der Waals surface area contributed by atoms with Crippen LogP contribution in [0.15, 0.2) is 36.8 Å². The summed E-state index contributed by atoms with van der Waals surface area (Å²) in [5, 5.41) is 6.83. The lowest BCUT2D eigenvalue weighted by Gasteiger charge is -2.30. The first kappa shape index (κ1) is 22.9. The highest BCUT2D eigenvalue weighted by molar-refractivity contribution is 6.31. The molecular formula is C23H21ClF2N8O. The molecule has 180 valence electrons. The molecule has 1 aliphatic rings. The first-order valence-electron chi connectivity index (χ1n) is 11.0. The number of rotatable bonds is 5. The fraction of sp³-hybridized carbons (Fsp3) is 0.261. The molecule has 1 amide bonds. The molecule has 0 aliphatic heterocycles. The molecule has 1 fully saturated rings. The van der Waals surface area contributed by atoms with Gasteiger partial charge in [-0.15, -0.1) is 0 Å². The molecule has 9 nitrogen and oxygen atoms in total. The van der Waals surface area contributed by atoms with Crippen molar-refractivity contribution in [2.45, 2.75) is 37.8 Å². The van der Waals surface area contributed by atoms with Crippen molar-refractivity contribution >= 4 is 40.2 Å². The summed E-state index contributed by atoms with van der Waals surface area (Å²) in [6.07, 6.45) is 7.02. The van der Waals surface area contributed by atoms with Gasteiger partial charge < -0.3 is 21.4 Å². The highest BCUT2D eigenvalue weighted by atomic mass is 35.5. The van der Waals surface area contributed by atoms with Gasteiger partial charge in [-0.2, -0.15) is 0 Å². The second-order valence-corrected chi connectivity index (χ2v) is 8.82. The summed E-state index contributed by atoms with van der Waals surface area (Å²) in [7, 11) is 0. The zero-order valence-corrected chi connectivity index (χ0v) is 19.1. The Hall–Kier alpha value is -3.86. The maximum absolute atomic E-state index is 14.6. The number of amides is 1. The third kappa shape index (κ3) is 4.85. The maximum Gasteiger partial charge on any atom is 0.270 e. The van der Waals surface area contributed by atoms with E-state index >= 15 is 0 Å². The van der Waals surface area contributed by atoms with E-state index in [2.05, 4.69) is 35.6 Å². The van der Waals surface area contributed by atoms with E-state index in [1.165, 1.54) is 18.3 Å². The van der Waals surface area contributed by atoms with Gasteiger partial charge in [0.25, 0.3) is 5.91 Å². The Labute approximate surface area is 203 Å². The fourth-order valence-corrected chi connectivity index (χ4v) is 4.55. The van der Waals surface area contributed by atoms with Crippen molar-refractivity contribution in [2.75, 3.05) is 11.1 Å². The predicted octanol–water partition coefficient (Wildman–Crippen LogP) is 4.08. The highest BCUT2D eigenvalue weighted by Crippen LogP contribution is 2.31. The topological polar surface area (TPSA) is 134 Å². The van der Waals surface area contributed by atoms with Gasteiger partial charge in [0, 0.05) is 40.4 Å². The van der Waals surface area contributed by atoms with Crippen LogP contribution in [0, 0.1) is 11.6 Å². The van der Waals surface area contributed by atoms with Crippen LogP contribution in [-0.2, 0) is 0 Å². The van der Waals surface area contributed by atoms with E-state index in [0.29, 0.717) is 17.4 Å². The first-order chi connectivity index (χ1) is 16.9. The molecule has 0 saturated heterocycles. The van der Waals surface area contributed by atoms with Crippen LogP contribution < -0.4 is 16.4 Å². The minimum Gasteiger partial charge on any atom is -0.368 e. The number of nitrogens with two attached hydrogens (primary N) is 1. The molecule has 0 radical (unpaired) electrons. The zero-order chi connectivity index (χ0) is 24.5. The van der Waals surface area contributed by atoms with Gasteiger partial charge in [-0.3, -0.25) is 4.79 Å². The number of aromatic nitrogens is 5. The molecule has 1 aliphatic carbocycles. The quantitative estimate of drug-likeness (QED) is 0.325. The van der Waals surface area contributed by atoms with E-state index in [-0.39, 0.29) is 51.8 Å². The van der Waals surface area contributed by atoms with Crippen molar-refractivity contribution in [1.29, 1.82) is 0 Å². The molecule has 2 atom stereocenters. The average molecular weight is 499 g/mol. The Morgan fingerprint density at radius 3 is 2.80 bits per heavy atom. The Kier molecular flexibility index (Phi) is 6.16. The number of carbonyl (C=O) groups is 1. The molecule has 35 heavy (non-hydrogen) atoms. The molecule has 12 heteroatoms. The molecule has 1 saturated carbocycles. The molecule has 4 aromatic rings. The number of benzene rings is 1. The molecule has 5 rings (SSSR count). The highest BCUT2D eigenvalue weighted by Gasteiger charge is 2.25. The van der Waals surface area contributed by atoms with Crippen molar-refractivity contribution in [3.05, 3.63) is 59.1 Å². The van der Waals surface area contributed by atoms with Crippen LogP contribution in [0.1, 0.15) is 36.2 Å². The normalized spacial score (nSPS) is 17.9. The van der Waals surface area contributed by atoms with E-state index in [9.17, 15) is 13.6 Å². The lowest BCUT2D eigenvalue weighted by molar-refractivity contribution is 0.0921. The van der Waals surface area contributed by atoms with Crippen molar-refractivity contribution < 1.29 is 13.6 Å². The molecule has 3 aromatic heterocycles. The Bertz CT molecular complexity index is 1410. The van der Waals surface area contributed by atoms with E-state index in [0.717, 1.165) is 25.5 Å². The number of nitrogen functional groups attached to an aromatic ring is 1. The van der Waals surface area contributed by atoms with Crippen molar-refractivity contribution in [2.24, 2.45) is 0 Å². The number of H-pyrrole nitrogens is 1. The number of carbonyl (C=O) groups excluding carboxylic acids is 1. The number of hydrogen-bond donors (Lipinski definition) is 4. The second-order valence-electron chi connectivity index (χ2n) is 8.38. The molecule has 0 bridgehead atoms. The number of fused-ring (bicyclic) bond motifs is 1. The largest absolute Gasteiger partial charge is 0.368 e. The maximum atomic E-state index is 14.6. The summed E-state index contributed by atoms with van der Waals surface area (Å²) in [6, 6.07) is 4.04. The van der Waals surface area contributed by atoms with Gasteiger partial charge in [-0.1, -0.05) is 11.6 Å². The molecular weight excluding hydrogens is 478 g/mol. The Morgan fingerprint density at radius 2 is 1.97 bits per heavy atom. The third-order valence-corrected chi connectivity index (χ3v) is 6.17.